The summed E-state index contributed by atoms with van der Waals surface area (Å²) in [5.74, 6) is -3.39. The topological polar surface area (TPSA) is 46.5 Å². The van der Waals surface area contributed by atoms with Gasteiger partial charge in [0.15, 0.2) is 17.7 Å². The molecule has 0 aliphatic rings. The second-order valence-corrected chi connectivity index (χ2v) is 3.36. The summed E-state index contributed by atoms with van der Waals surface area (Å²) in [6.45, 7) is 1.64. The molecule has 0 heterocycles. The summed E-state index contributed by atoms with van der Waals surface area (Å²) >= 11 is 5.37. The predicted octanol–water partition coefficient (Wildman–Crippen LogP) is 2.21. The zero-order valence-corrected chi connectivity index (χ0v) is 9.09. The van der Waals surface area contributed by atoms with E-state index in [2.05, 4.69) is 4.74 Å². The summed E-state index contributed by atoms with van der Waals surface area (Å²) in [5.41, 5.74) is -0.151. The van der Waals surface area contributed by atoms with Crippen molar-refractivity contribution in [3.8, 4) is 0 Å². The van der Waals surface area contributed by atoms with E-state index in [9.17, 15) is 18.7 Å². The lowest BCUT2D eigenvalue weighted by molar-refractivity contribution is -0.153. The van der Waals surface area contributed by atoms with Gasteiger partial charge in [0.2, 0.25) is 0 Å². The molecule has 0 amide bonds. The van der Waals surface area contributed by atoms with Gasteiger partial charge in [-0.1, -0.05) is 11.6 Å². The molecule has 1 N–H and O–H groups in total. The summed E-state index contributed by atoms with van der Waals surface area (Å²) in [4.78, 5) is 11.1. The van der Waals surface area contributed by atoms with E-state index in [1.807, 2.05) is 0 Å². The quantitative estimate of drug-likeness (QED) is 0.661. The van der Waals surface area contributed by atoms with Gasteiger partial charge in [-0.25, -0.2) is 13.6 Å². The fourth-order valence-corrected chi connectivity index (χ4v) is 1.31. The fraction of sp³-hybridized carbons (Fsp3) is 0.300. The number of rotatable bonds is 3. The van der Waals surface area contributed by atoms with Gasteiger partial charge in [-0.15, -0.1) is 0 Å². The molecule has 1 unspecified atom stereocenters. The molecule has 0 aliphatic carbocycles. The third-order valence-electron chi connectivity index (χ3n) is 1.83. The van der Waals surface area contributed by atoms with E-state index in [0.717, 1.165) is 6.07 Å². The van der Waals surface area contributed by atoms with Crippen LogP contribution in [0.2, 0.25) is 5.02 Å². The van der Waals surface area contributed by atoms with E-state index in [1.165, 1.54) is 0 Å². The van der Waals surface area contributed by atoms with Crippen molar-refractivity contribution in [1.82, 2.24) is 0 Å². The van der Waals surface area contributed by atoms with E-state index < -0.39 is 28.7 Å². The van der Waals surface area contributed by atoms with Gasteiger partial charge >= 0.3 is 5.97 Å². The van der Waals surface area contributed by atoms with Crippen molar-refractivity contribution in [2.24, 2.45) is 0 Å². The molecule has 1 atom stereocenters. The van der Waals surface area contributed by atoms with Crippen LogP contribution in [0.25, 0.3) is 0 Å². The van der Waals surface area contributed by atoms with Gasteiger partial charge in [-0.05, 0) is 24.6 Å². The Hall–Kier alpha value is -1.20. The van der Waals surface area contributed by atoms with Crippen LogP contribution in [0.1, 0.15) is 18.6 Å². The SMILES string of the molecule is CCOC(=O)C(O)c1cc(F)c(F)c(Cl)c1. The van der Waals surface area contributed by atoms with Gasteiger partial charge in [-0.3, -0.25) is 0 Å². The number of carbonyl (C=O) groups excluding carboxylic acids is 1. The maximum atomic E-state index is 12.9. The lowest BCUT2D eigenvalue weighted by Crippen LogP contribution is -2.15. The normalized spacial score (nSPS) is 12.3. The number of ether oxygens (including phenoxy) is 1. The Kier molecular flexibility index (Phi) is 4.20. The Balaban J connectivity index is 3.01. The van der Waals surface area contributed by atoms with Gasteiger partial charge in [0, 0.05) is 0 Å². The Labute approximate surface area is 95.6 Å². The first-order chi connectivity index (χ1) is 7.47. The molecule has 1 aromatic carbocycles. The van der Waals surface area contributed by atoms with E-state index in [4.69, 9.17) is 11.6 Å². The number of benzene rings is 1. The van der Waals surface area contributed by atoms with Crippen LogP contribution in [0.3, 0.4) is 0 Å². The Morgan fingerprint density at radius 1 is 1.56 bits per heavy atom. The molecule has 3 nitrogen and oxygen atoms in total. The molecule has 0 saturated carbocycles. The zero-order chi connectivity index (χ0) is 12.3. The second-order valence-electron chi connectivity index (χ2n) is 2.95. The first kappa shape index (κ1) is 12.9. The number of carbonyl (C=O) groups is 1. The summed E-state index contributed by atoms with van der Waals surface area (Å²) in [5, 5.41) is 8.94. The predicted molar refractivity (Wildman–Crippen MR) is 53.0 cm³/mol. The van der Waals surface area contributed by atoms with Crippen LogP contribution in [0, 0.1) is 11.6 Å². The zero-order valence-electron chi connectivity index (χ0n) is 8.34. The van der Waals surface area contributed by atoms with Crippen molar-refractivity contribution < 1.29 is 23.4 Å². The molecule has 1 rings (SSSR count). The molecule has 88 valence electrons. The molecule has 16 heavy (non-hydrogen) atoms. The Morgan fingerprint density at radius 3 is 2.69 bits per heavy atom. The van der Waals surface area contributed by atoms with E-state index in [1.54, 1.807) is 6.92 Å². The maximum Gasteiger partial charge on any atom is 0.339 e. The van der Waals surface area contributed by atoms with Crippen molar-refractivity contribution in [3.05, 3.63) is 34.4 Å². The highest BCUT2D eigenvalue weighted by Gasteiger charge is 2.21. The maximum absolute atomic E-state index is 12.9. The van der Waals surface area contributed by atoms with Gasteiger partial charge in [0.05, 0.1) is 11.6 Å². The van der Waals surface area contributed by atoms with Crippen molar-refractivity contribution >= 4 is 17.6 Å². The van der Waals surface area contributed by atoms with Gasteiger partial charge in [0.25, 0.3) is 0 Å². The second kappa shape index (κ2) is 5.23. The molecule has 0 bridgehead atoms. The average molecular weight is 251 g/mol. The molecule has 1 aromatic rings. The van der Waals surface area contributed by atoms with Crippen LogP contribution in [-0.2, 0) is 9.53 Å². The lowest BCUT2D eigenvalue weighted by Gasteiger charge is -2.10. The van der Waals surface area contributed by atoms with Crippen LogP contribution >= 0.6 is 11.6 Å². The third-order valence-corrected chi connectivity index (χ3v) is 2.11. The van der Waals surface area contributed by atoms with Crippen LogP contribution in [0.5, 0.6) is 0 Å². The smallest absolute Gasteiger partial charge is 0.339 e. The van der Waals surface area contributed by atoms with Gasteiger partial charge < -0.3 is 9.84 Å². The summed E-state index contributed by atoms with van der Waals surface area (Å²) in [6, 6.07) is 1.67. The number of esters is 1. The molecule has 6 heteroatoms. The number of aliphatic hydroxyl groups excluding tert-OH is 1. The highest BCUT2D eigenvalue weighted by atomic mass is 35.5. The summed E-state index contributed by atoms with van der Waals surface area (Å²) in [6.07, 6.45) is -1.67. The minimum atomic E-state index is -1.67. The highest BCUT2D eigenvalue weighted by Crippen LogP contribution is 2.24. The van der Waals surface area contributed by atoms with Crippen LogP contribution < -0.4 is 0 Å². The molecule has 0 spiro atoms. The number of hydrogen-bond acceptors (Lipinski definition) is 3. The number of aliphatic hydroxyl groups is 1. The van der Waals surface area contributed by atoms with Crippen LogP contribution in [0.15, 0.2) is 12.1 Å². The van der Waals surface area contributed by atoms with Crippen LogP contribution in [0.4, 0.5) is 8.78 Å². The van der Waals surface area contributed by atoms with E-state index in [-0.39, 0.29) is 12.2 Å². The van der Waals surface area contributed by atoms with Gasteiger partial charge in [-0.2, -0.15) is 0 Å². The van der Waals surface area contributed by atoms with Crippen molar-refractivity contribution in [3.63, 3.8) is 0 Å². The molecule has 0 aromatic heterocycles. The highest BCUT2D eigenvalue weighted by molar-refractivity contribution is 6.30. The van der Waals surface area contributed by atoms with E-state index in [0.29, 0.717) is 6.07 Å². The molecular weight excluding hydrogens is 242 g/mol. The van der Waals surface area contributed by atoms with E-state index >= 15 is 0 Å². The number of hydrogen-bond donors (Lipinski definition) is 1. The van der Waals surface area contributed by atoms with Crippen molar-refractivity contribution in [1.29, 1.82) is 0 Å². The summed E-state index contributed by atoms with van der Waals surface area (Å²) in [7, 11) is 0. The average Bonchev–Trinajstić information content (AvgIpc) is 2.24. The standard InChI is InChI=1S/C10H9ClF2O3/c1-2-16-10(15)9(14)5-3-6(11)8(13)7(12)4-5/h3-4,9,14H,2H2,1H3. The monoisotopic (exact) mass is 250 g/mol. The van der Waals surface area contributed by atoms with Crippen LogP contribution in [-0.4, -0.2) is 17.7 Å². The third kappa shape index (κ3) is 2.68. The molecule has 0 fully saturated rings. The largest absolute Gasteiger partial charge is 0.464 e. The Bertz CT molecular complexity index is 386. The van der Waals surface area contributed by atoms with Crippen molar-refractivity contribution in [2.75, 3.05) is 6.61 Å². The molecular formula is C10H9ClF2O3. The molecule has 0 saturated heterocycles. The van der Waals surface area contributed by atoms with Gasteiger partial charge in [0.1, 0.15) is 0 Å². The fourth-order valence-electron chi connectivity index (χ4n) is 1.09. The lowest BCUT2D eigenvalue weighted by atomic mass is 10.1. The minimum Gasteiger partial charge on any atom is -0.464 e. The number of halogens is 3. The molecule has 0 radical (unpaired) electrons. The Morgan fingerprint density at radius 2 is 2.19 bits per heavy atom. The molecule has 0 aliphatic heterocycles. The first-order valence-electron chi connectivity index (χ1n) is 4.46. The first-order valence-corrected chi connectivity index (χ1v) is 4.84. The minimum absolute atomic E-state index is 0.0767. The summed E-state index contributed by atoms with van der Waals surface area (Å²) < 4.78 is 30.3. The van der Waals surface area contributed by atoms with Crippen molar-refractivity contribution in [2.45, 2.75) is 13.0 Å².